The van der Waals surface area contributed by atoms with Gasteiger partial charge in [0.2, 0.25) is 0 Å². The summed E-state index contributed by atoms with van der Waals surface area (Å²) in [5, 5.41) is 5.54. The Bertz CT molecular complexity index is 829. The highest BCUT2D eigenvalue weighted by molar-refractivity contribution is 6.34. The van der Waals surface area contributed by atoms with Gasteiger partial charge in [-0.25, -0.2) is 0 Å². The predicted octanol–water partition coefficient (Wildman–Crippen LogP) is 4.98. The Kier molecular flexibility index (Phi) is 3.83. The first-order valence-corrected chi connectivity index (χ1v) is 8.81. The number of rotatable bonds is 2. The van der Waals surface area contributed by atoms with Crippen LogP contribution in [0.4, 0.5) is 0 Å². The second kappa shape index (κ2) is 5.76. The van der Waals surface area contributed by atoms with Crippen LogP contribution in [0.2, 0.25) is 10.0 Å². The van der Waals surface area contributed by atoms with Crippen LogP contribution in [0, 0.1) is 0 Å². The van der Waals surface area contributed by atoms with Crippen molar-refractivity contribution in [2.75, 3.05) is 0 Å². The fourth-order valence-electron chi connectivity index (χ4n) is 3.54. The van der Waals surface area contributed by atoms with Crippen molar-refractivity contribution in [1.82, 2.24) is 0 Å². The van der Waals surface area contributed by atoms with Gasteiger partial charge in [0.25, 0.3) is 0 Å². The second-order valence-corrected chi connectivity index (χ2v) is 7.63. The Hall–Kier alpha value is -1.55. The number of nitrogens with zero attached hydrogens (tertiary/aromatic N) is 1. The van der Waals surface area contributed by atoms with Crippen molar-refractivity contribution in [3.05, 3.63) is 68.7 Å². The van der Waals surface area contributed by atoms with Gasteiger partial charge in [0.05, 0.1) is 5.71 Å². The fraction of sp³-hybridized carbons (Fsp3) is 0.316. The number of oxime groups is 1. The number of fused-ring (bicyclic) bond motifs is 1. The standard InChI is InChI=1S/C19H18Cl2N2O/c1-19(13-7-14(20)9-15(21)8-13)10-18(23-24-19)12-2-4-16-11(6-12)3-5-17(16)22/h2,4,6-9,17H,3,5,10,22H2,1H3. The van der Waals surface area contributed by atoms with Crippen LogP contribution in [0.1, 0.15) is 48.1 Å². The first-order chi connectivity index (χ1) is 11.4. The summed E-state index contributed by atoms with van der Waals surface area (Å²) < 4.78 is 0. The van der Waals surface area contributed by atoms with Gasteiger partial charge in [0, 0.05) is 28.1 Å². The van der Waals surface area contributed by atoms with Crippen molar-refractivity contribution in [3.63, 3.8) is 0 Å². The van der Waals surface area contributed by atoms with E-state index in [1.165, 1.54) is 11.1 Å². The molecule has 0 aromatic heterocycles. The molecule has 0 amide bonds. The maximum Gasteiger partial charge on any atom is 0.165 e. The maximum absolute atomic E-state index is 6.13. The van der Waals surface area contributed by atoms with Gasteiger partial charge >= 0.3 is 0 Å². The lowest BCUT2D eigenvalue weighted by Crippen LogP contribution is -2.22. The molecule has 2 atom stereocenters. The summed E-state index contributed by atoms with van der Waals surface area (Å²) in [5.74, 6) is 0. The predicted molar refractivity (Wildman–Crippen MR) is 97.7 cm³/mol. The molecule has 2 unspecified atom stereocenters. The molecule has 2 N–H and O–H groups in total. The minimum absolute atomic E-state index is 0.162. The van der Waals surface area contributed by atoms with Crippen LogP contribution in [0.15, 0.2) is 41.6 Å². The largest absolute Gasteiger partial charge is 0.384 e. The van der Waals surface area contributed by atoms with Gasteiger partial charge in [-0.05, 0) is 60.7 Å². The van der Waals surface area contributed by atoms with Crippen molar-refractivity contribution < 1.29 is 4.84 Å². The molecule has 1 heterocycles. The van der Waals surface area contributed by atoms with E-state index in [0.29, 0.717) is 16.5 Å². The van der Waals surface area contributed by atoms with E-state index in [4.69, 9.17) is 33.8 Å². The molecule has 1 aliphatic carbocycles. The molecule has 4 rings (SSSR count). The quantitative estimate of drug-likeness (QED) is 0.820. The molecule has 24 heavy (non-hydrogen) atoms. The topological polar surface area (TPSA) is 47.6 Å². The van der Waals surface area contributed by atoms with Crippen molar-refractivity contribution in [2.45, 2.75) is 37.8 Å². The Morgan fingerprint density at radius 2 is 1.92 bits per heavy atom. The SMILES string of the molecule is CC1(c2cc(Cl)cc(Cl)c2)CC(c2ccc3c(c2)CCC3N)=NO1. The molecular weight excluding hydrogens is 343 g/mol. The third-order valence-corrected chi connectivity index (χ3v) is 5.37. The van der Waals surface area contributed by atoms with E-state index in [-0.39, 0.29) is 6.04 Å². The minimum atomic E-state index is -0.556. The molecule has 0 radical (unpaired) electrons. The van der Waals surface area contributed by atoms with E-state index in [9.17, 15) is 0 Å². The van der Waals surface area contributed by atoms with Crippen molar-refractivity contribution in [3.8, 4) is 0 Å². The zero-order valence-electron chi connectivity index (χ0n) is 13.4. The Balaban J connectivity index is 1.62. The van der Waals surface area contributed by atoms with Gasteiger partial charge in [-0.1, -0.05) is 40.5 Å². The average Bonchev–Trinajstić information content (AvgIpc) is 3.11. The minimum Gasteiger partial charge on any atom is -0.384 e. The summed E-state index contributed by atoms with van der Waals surface area (Å²) >= 11 is 12.3. The molecule has 0 bridgehead atoms. The average molecular weight is 361 g/mol. The lowest BCUT2D eigenvalue weighted by molar-refractivity contribution is -0.00737. The smallest absolute Gasteiger partial charge is 0.165 e. The van der Waals surface area contributed by atoms with Crippen LogP contribution in [0.3, 0.4) is 0 Å². The highest BCUT2D eigenvalue weighted by Gasteiger charge is 2.37. The molecule has 0 fully saturated rings. The molecule has 124 valence electrons. The monoisotopic (exact) mass is 360 g/mol. The van der Waals surface area contributed by atoms with Crippen LogP contribution in [-0.4, -0.2) is 5.71 Å². The van der Waals surface area contributed by atoms with Crippen LogP contribution < -0.4 is 5.73 Å². The van der Waals surface area contributed by atoms with E-state index in [0.717, 1.165) is 29.7 Å². The molecule has 3 nitrogen and oxygen atoms in total. The number of hydrogen-bond acceptors (Lipinski definition) is 3. The van der Waals surface area contributed by atoms with E-state index < -0.39 is 5.60 Å². The first-order valence-electron chi connectivity index (χ1n) is 8.05. The highest BCUT2D eigenvalue weighted by Crippen LogP contribution is 2.39. The van der Waals surface area contributed by atoms with Crippen molar-refractivity contribution in [2.24, 2.45) is 10.9 Å². The molecule has 1 aliphatic heterocycles. The number of hydrogen-bond donors (Lipinski definition) is 1. The summed E-state index contributed by atoms with van der Waals surface area (Å²) in [6.45, 7) is 2.01. The van der Waals surface area contributed by atoms with Gasteiger partial charge in [-0.3, -0.25) is 0 Å². The molecule has 2 aliphatic rings. The zero-order valence-corrected chi connectivity index (χ0v) is 14.9. The van der Waals surface area contributed by atoms with E-state index >= 15 is 0 Å². The molecule has 2 aromatic rings. The summed E-state index contributed by atoms with van der Waals surface area (Å²) in [6, 6.07) is 12.0. The maximum atomic E-state index is 6.13. The van der Waals surface area contributed by atoms with Gasteiger partial charge in [0.15, 0.2) is 5.60 Å². The van der Waals surface area contributed by atoms with Crippen LogP contribution in [-0.2, 0) is 16.9 Å². The lowest BCUT2D eigenvalue weighted by atomic mass is 9.88. The summed E-state index contributed by atoms with van der Waals surface area (Å²) in [6.07, 6.45) is 2.72. The Morgan fingerprint density at radius 1 is 1.17 bits per heavy atom. The second-order valence-electron chi connectivity index (χ2n) is 6.75. The summed E-state index contributed by atoms with van der Waals surface area (Å²) in [5.41, 5.74) is 11.1. The van der Waals surface area contributed by atoms with Gasteiger partial charge < -0.3 is 10.6 Å². The third-order valence-electron chi connectivity index (χ3n) is 4.94. The van der Waals surface area contributed by atoms with Crippen LogP contribution in [0.25, 0.3) is 0 Å². The number of nitrogens with two attached hydrogens (primary N) is 1. The first kappa shape index (κ1) is 15.9. The van der Waals surface area contributed by atoms with E-state index in [2.05, 4.69) is 23.4 Å². The molecule has 5 heteroatoms. The Morgan fingerprint density at radius 3 is 2.67 bits per heavy atom. The van der Waals surface area contributed by atoms with E-state index in [1.807, 2.05) is 19.1 Å². The normalized spacial score (nSPS) is 25.3. The van der Waals surface area contributed by atoms with Crippen molar-refractivity contribution >= 4 is 28.9 Å². The molecule has 0 spiro atoms. The van der Waals surface area contributed by atoms with Gasteiger partial charge in [0.1, 0.15) is 0 Å². The van der Waals surface area contributed by atoms with Crippen molar-refractivity contribution in [1.29, 1.82) is 0 Å². The van der Waals surface area contributed by atoms with Gasteiger partial charge in [-0.2, -0.15) is 0 Å². The van der Waals surface area contributed by atoms with Gasteiger partial charge in [-0.15, -0.1) is 0 Å². The fourth-order valence-corrected chi connectivity index (χ4v) is 4.06. The summed E-state index contributed by atoms with van der Waals surface area (Å²) in [7, 11) is 0. The highest BCUT2D eigenvalue weighted by atomic mass is 35.5. The molecule has 0 saturated heterocycles. The summed E-state index contributed by atoms with van der Waals surface area (Å²) in [4.78, 5) is 5.79. The van der Waals surface area contributed by atoms with Crippen LogP contribution in [0.5, 0.6) is 0 Å². The third kappa shape index (κ3) is 2.71. The zero-order chi connectivity index (χ0) is 16.9. The number of aryl methyl sites for hydroxylation is 1. The number of benzene rings is 2. The molecule has 2 aromatic carbocycles. The number of halogens is 2. The lowest BCUT2D eigenvalue weighted by Gasteiger charge is -2.22. The molecule has 0 saturated carbocycles. The molecular formula is C19H18Cl2N2O. The van der Waals surface area contributed by atoms with Crippen LogP contribution >= 0.6 is 23.2 Å². The van der Waals surface area contributed by atoms with E-state index in [1.54, 1.807) is 6.07 Å². The Labute approximate surface area is 151 Å².